The molecule has 1 heterocycles. The van der Waals surface area contributed by atoms with Gasteiger partial charge in [-0.05, 0) is 30.7 Å². The summed E-state index contributed by atoms with van der Waals surface area (Å²) >= 11 is 5.82. The number of anilines is 1. The summed E-state index contributed by atoms with van der Waals surface area (Å²) in [6.07, 6.45) is 2.55. The molecule has 1 aliphatic rings. The highest BCUT2D eigenvalue weighted by molar-refractivity contribution is 6.30. The van der Waals surface area contributed by atoms with Crippen molar-refractivity contribution in [1.29, 1.82) is 0 Å². The zero-order valence-electron chi connectivity index (χ0n) is 11.9. The van der Waals surface area contributed by atoms with E-state index >= 15 is 0 Å². The fraction of sp³-hybridized carbons (Fsp3) is 0.267. The van der Waals surface area contributed by atoms with Crippen molar-refractivity contribution in [2.75, 3.05) is 18.6 Å². The SMILES string of the molecule is COC(=O)/C=C/C(=O)NC1CCN(c2ccc(Cl)cc2)C1=O. The van der Waals surface area contributed by atoms with Crippen LogP contribution in [-0.4, -0.2) is 37.5 Å². The lowest BCUT2D eigenvalue weighted by Gasteiger charge is -2.17. The van der Waals surface area contributed by atoms with E-state index in [1.54, 1.807) is 29.2 Å². The van der Waals surface area contributed by atoms with Crippen LogP contribution in [0, 0.1) is 0 Å². The molecular formula is C15H15ClN2O4. The van der Waals surface area contributed by atoms with E-state index < -0.39 is 17.9 Å². The van der Waals surface area contributed by atoms with Crippen LogP contribution < -0.4 is 10.2 Å². The number of ether oxygens (including phenoxy) is 1. The molecule has 0 bridgehead atoms. The van der Waals surface area contributed by atoms with Gasteiger partial charge in [-0.2, -0.15) is 0 Å². The summed E-state index contributed by atoms with van der Waals surface area (Å²) in [5.74, 6) is -1.33. The van der Waals surface area contributed by atoms with Crippen LogP contribution in [-0.2, 0) is 19.1 Å². The molecule has 2 amide bonds. The number of hydrogen-bond donors (Lipinski definition) is 1. The van der Waals surface area contributed by atoms with Crippen molar-refractivity contribution >= 4 is 35.1 Å². The summed E-state index contributed by atoms with van der Waals surface area (Å²) < 4.78 is 4.38. The molecule has 116 valence electrons. The Morgan fingerprint density at radius 2 is 2.00 bits per heavy atom. The van der Waals surface area contributed by atoms with Crippen molar-refractivity contribution in [3.63, 3.8) is 0 Å². The van der Waals surface area contributed by atoms with Gasteiger partial charge in [-0.15, -0.1) is 0 Å². The molecule has 1 atom stereocenters. The Balaban J connectivity index is 1.96. The van der Waals surface area contributed by atoms with Gasteiger partial charge in [0.25, 0.3) is 0 Å². The highest BCUT2D eigenvalue weighted by Gasteiger charge is 2.33. The van der Waals surface area contributed by atoms with Crippen LogP contribution in [0.4, 0.5) is 5.69 Å². The van der Waals surface area contributed by atoms with Crippen molar-refractivity contribution in [2.45, 2.75) is 12.5 Å². The summed E-state index contributed by atoms with van der Waals surface area (Å²) in [5.41, 5.74) is 0.733. The lowest BCUT2D eigenvalue weighted by molar-refractivity contribution is -0.135. The summed E-state index contributed by atoms with van der Waals surface area (Å²) in [4.78, 5) is 36.4. The van der Waals surface area contributed by atoms with Crippen LogP contribution in [0.1, 0.15) is 6.42 Å². The van der Waals surface area contributed by atoms with E-state index in [0.29, 0.717) is 18.0 Å². The minimum atomic E-state index is -0.629. The van der Waals surface area contributed by atoms with E-state index in [-0.39, 0.29) is 5.91 Å². The predicted octanol–water partition coefficient (Wildman–Crippen LogP) is 1.29. The molecule has 1 unspecified atom stereocenters. The summed E-state index contributed by atoms with van der Waals surface area (Å²) in [6, 6.07) is 6.30. The van der Waals surface area contributed by atoms with E-state index in [9.17, 15) is 14.4 Å². The standard InChI is InChI=1S/C15H15ClN2O4/c1-22-14(20)7-6-13(19)17-12-8-9-18(15(12)21)11-4-2-10(16)3-5-11/h2-7,12H,8-9H2,1H3,(H,17,19)/b7-6+. The molecule has 1 fully saturated rings. The Labute approximate surface area is 132 Å². The molecule has 1 aliphatic heterocycles. The molecule has 1 N–H and O–H groups in total. The lowest BCUT2D eigenvalue weighted by Crippen LogP contribution is -2.40. The van der Waals surface area contributed by atoms with Crippen molar-refractivity contribution in [3.8, 4) is 0 Å². The normalized spacial score (nSPS) is 17.8. The second-order valence-corrected chi connectivity index (χ2v) is 5.11. The Hall–Kier alpha value is -2.34. The quantitative estimate of drug-likeness (QED) is 0.669. The van der Waals surface area contributed by atoms with Crippen LogP contribution in [0.2, 0.25) is 5.02 Å². The van der Waals surface area contributed by atoms with Gasteiger partial charge in [0.15, 0.2) is 0 Å². The second-order valence-electron chi connectivity index (χ2n) is 4.67. The number of halogens is 1. The monoisotopic (exact) mass is 322 g/mol. The Morgan fingerprint density at radius 1 is 1.32 bits per heavy atom. The summed E-state index contributed by atoms with van der Waals surface area (Å²) in [6.45, 7) is 0.506. The first-order valence-electron chi connectivity index (χ1n) is 6.64. The molecule has 0 spiro atoms. The van der Waals surface area contributed by atoms with Gasteiger partial charge in [0.2, 0.25) is 11.8 Å². The molecule has 0 aliphatic carbocycles. The smallest absolute Gasteiger partial charge is 0.330 e. The second kappa shape index (κ2) is 7.09. The average molecular weight is 323 g/mol. The molecule has 1 aromatic carbocycles. The molecule has 7 heteroatoms. The van der Waals surface area contributed by atoms with Gasteiger partial charge >= 0.3 is 5.97 Å². The van der Waals surface area contributed by atoms with Gasteiger partial charge in [-0.3, -0.25) is 9.59 Å². The van der Waals surface area contributed by atoms with Crippen LogP contribution in [0.5, 0.6) is 0 Å². The summed E-state index contributed by atoms with van der Waals surface area (Å²) in [7, 11) is 1.22. The molecule has 0 saturated carbocycles. The van der Waals surface area contributed by atoms with E-state index in [4.69, 9.17) is 11.6 Å². The highest BCUT2D eigenvalue weighted by atomic mass is 35.5. The Kier molecular flexibility index (Phi) is 5.16. The highest BCUT2D eigenvalue weighted by Crippen LogP contribution is 2.23. The van der Waals surface area contributed by atoms with Crippen molar-refractivity contribution in [3.05, 3.63) is 41.4 Å². The third-order valence-corrected chi connectivity index (χ3v) is 3.48. The number of nitrogens with zero attached hydrogens (tertiary/aromatic N) is 1. The van der Waals surface area contributed by atoms with Gasteiger partial charge in [-0.1, -0.05) is 11.6 Å². The number of esters is 1. The fourth-order valence-corrected chi connectivity index (χ4v) is 2.25. The number of amides is 2. The molecule has 1 aromatic rings. The molecule has 6 nitrogen and oxygen atoms in total. The number of rotatable bonds is 4. The van der Waals surface area contributed by atoms with Crippen molar-refractivity contribution < 1.29 is 19.1 Å². The zero-order valence-corrected chi connectivity index (χ0v) is 12.7. The maximum absolute atomic E-state index is 12.3. The van der Waals surface area contributed by atoms with Crippen LogP contribution in [0.25, 0.3) is 0 Å². The third kappa shape index (κ3) is 3.85. The van der Waals surface area contributed by atoms with Gasteiger partial charge in [0.05, 0.1) is 7.11 Å². The first-order chi connectivity index (χ1) is 10.5. The predicted molar refractivity (Wildman–Crippen MR) is 81.5 cm³/mol. The molecule has 1 saturated heterocycles. The zero-order chi connectivity index (χ0) is 16.1. The Morgan fingerprint density at radius 3 is 2.64 bits per heavy atom. The van der Waals surface area contributed by atoms with Gasteiger partial charge in [0, 0.05) is 29.4 Å². The largest absolute Gasteiger partial charge is 0.466 e. The van der Waals surface area contributed by atoms with E-state index in [1.165, 1.54) is 7.11 Å². The van der Waals surface area contributed by atoms with Crippen LogP contribution in [0.3, 0.4) is 0 Å². The first-order valence-corrected chi connectivity index (χ1v) is 7.02. The lowest BCUT2D eigenvalue weighted by atomic mass is 10.2. The number of nitrogens with one attached hydrogen (secondary N) is 1. The van der Waals surface area contributed by atoms with E-state index in [0.717, 1.165) is 17.8 Å². The molecule has 0 radical (unpaired) electrons. The van der Waals surface area contributed by atoms with Gasteiger partial charge < -0.3 is 15.0 Å². The maximum atomic E-state index is 12.3. The number of benzene rings is 1. The minimum absolute atomic E-state index is 0.192. The molecular weight excluding hydrogens is 308 g/mol. The fourth-order valence-electron chi connectivity index (χ4n) is 2.12. The number of carbonyl (C=O) groups excluding carboxylic acids is 3. The van der Waals surface area contributed by atoms with Crippen molar-refractivity contribution in [2.24, 2.45) is 0 Å². The molecule has 22 heavy (non-hydrogen) atoms. The first kappa shape index (κ1) is 16.0. The van der Waals surface area contributed by atoms with E-state index in [1.807, 2.05) is 0 Å². The number of carbonyl (C=O) groups is 3. The van der Waals surface area contributed by atoms with Crippen LogP contribution in [0.15, 0.2) is 36.4 Å². The van der Waals surface area contributed by atoms with Gasteiger partial charge in [-0.25, -0.2) is 4.79 Å². The summed E-state index contributed by atoms with van der Waals surface area (Å²) in [5, 5.41) is 3.16. The minimum Gasteiger partial charge on any atom is -0.466 e. The maximum Gasteiger partial charge on any atom is 0.330 e. The number of methoxy groups -OCH3 is 1. The third-order valence-electron chi connectivity index (χ3n) is 3.23. The topological polar surface area (TPSA) is 75.7 Å². The average Bonchev–Trinajstić information content (AvgIpc) is 2.87. The molecule has 0 aromatic heterocycles. The van der Waals surface area contributed by atoms with E-state index in [2.05, 4.69) is 10.1 Å². The van der Waals surface area contributed by atoms with Crippen molar-refractivity contribution in [1.82, 2.24) is 5.32 Å². The van der Waals surface area contributed by atoms with Crippen LogP contribution >= 0.6 is 11.6 Å². The van der Waals surface area contributed by atoms with Gasteiger partial charge in [0.1, 0.15) is 6.04 Å². The molecule has 2 rings (SSSR count). The Bertz CT molecular complexity index is 612. The number of hydrogen-bond acceptors (Lipinski definition) is 4.